The summed E-state index contributed by atoms with van der Waals surface area (Å²) in [5, 5.41) is 8.25. The van der Waals surface area contributed by atoms with Gasteiger partial charge in [-0.1, -0.05) is 12.1 Å². The van der Waals surface area contributed by atoms with Crippen molar-refractivity contribution in [1.82, 2.24) is 29.2 Å². The summed E-state index contributed by atoms with van der Waals surface area (Å²) < 4.78 is 240. The first-order valence-corrected chi connectivity index (χ1v) is 34.9. The summed E-state index contributed by atoms with van der Waals surface area (Å²) in [5.41, 5.74) is 1.68. The molecule has 43 nitrogen and oxygen atoms in total. The van der Waals surface area contributed by atoms with Gasteiger partial charge in [-0.15, -0.1) is 65.3 Å². The third kappa shape index (κ3) is 251. The van der Waals surface area contributed by atoms with Crippen molar-refractivity contribution in [1.29, 1.82) is 0 Å². The van der Waals surface area contributed by atoms with Crippen LogP contribution in [0.25, 0.3) is 11.0 Å². The zero-order chi connectivity index (χ0) is 68.9. The van der Waals surface area contributed by atoms with Crippen molar-refractivity contribution >= 4 is 114 Å². The van der Waals surface area contributed by atoms with Crippen LogP contribution in [0.3, 0.4) is 0 Å². The summed E-state index contributed by atoms with van der Waals surface area (Å²) in [4.78, 5) is 170. The zero-order valence-electron chi connectivity index (χ0n) is 38.3. The van der Waals surface area contributed by atoms with Crippen LogP contribution >= 0.6 is 103 Å². The fourth-order valence-corrected chi connectivity index (χ4v) is 5.22. The molecular formula is C12H45F12N6O37P13. The second kappa shape index (κ2) is 45.0. The van der Waals surface area contributed by atoms with E-state index in [-0.39, 0.29) is 0 Å². The number of para-hydroxylation sites is 1. The molecule has 0 saturated heterocycles. The lowest BCUT2D eigenvalue weighted by molar-refractivity contribution is -0.206. The van der Waals surface area contributed by atoms with E-state index in [0.717, 1.165) is 11.0 Å². The Hall–Kier alpha value is -0.310. The number of rotatable bonds is 5. The number of fused-ring (bicyclic) bond motifs is 1. The molecule has 2 aromatic rings. The molecule has 23 N–H and O–H groups in total. The summed E-state index contributed by atoms with van der Waals surface area (Å²) in [6.45, 7) is 0. The van der Waals surface area contributed by atoms with Gasteiger partial charge in [-0.2, -0.15) is 8.82 Å². The predicted molar refractivity (Wildman–Crippen MR) is 238 cm³/mol. The molecule has 0 aliphatic rings. The maximum absolute atomic E-state index is 10.4. The van der Waals surface area contributed by atoms with Crippen LogP contribution in [-0.4, -0.2) is 184 Å². The van der Waals surface area contributed by atoms with E-state index in [4.69, 9.17) is 177 Å². The molecule has 1 unspecified atom stereocenters. The second-order valence-electron chi connectivity index (χ2n) is 10.7. The highest BCUT2D eigenvalue weighted by atomic mass is 31.2. The van der Waals surface area contributed by atoms with Crippen molar-refractivity contribution < 1.29 is 227 Å². The van der Waals surface area contributed by atoms with E-state index in [2.05, 4.69) is 24.3 Å². The molecule has 1 aromatic carbocycles. The summed E-state index contributed by atoms with van der Waals surface area (Å²) in [6, 6.07) is 7.76. The second-order valence-corrected chi connectivity index (χ2v) is 25.6. The Kier molecular flexibility index (Phi) is 58.9. The molecule has 0 radical (unpaired) electrons. The highest BCUT2D eigenvalue weighted by Gasteiger charge is 2.54. The minimum Gasteiger partial charge on any atom is -0.753 e. The van der Waals surface area contributed by atoms with Crippen LogP contribution in [0, 0.1) is 0 Å². The molecule has 2 rings (SSSR count). The Balaban J connectivity index is -0.0000000759. The molecule has 0 spiro atoms. The first-order chi connectivity index (χ1) is 33.4. The van der Waals surface area contributed by atoms with Gasteiger partial charge in [-0.05, 0) is 22.2 Å². The van der Waals surface area contributed by atoms with Crippen molar-refractivity contribution in [3.63, 3.8) is 0 Å². The smallest absolute Gasteiger partial charge is 0.507 e. The molecule has 0 fully saturated rings. The Bertz CT molecular complexity index is 1980. The Labute approximate surface area is 436 Å². The van der Waals surface area contributed by atoms with Crippen molar-refractivity contribution in [3.8, 4) is 0 Å². The van der Waals surface area contributed by atoms with Gasteiger partial charge in [-0.25, -0.2) is 50.2 Å². The van der Waals surface area contributed by atoms with Crippen LogP contribution in [0.4, 0.5) is 50.4 Å². The van der Waals surface area contributed by atoms with E-state index >= 15 is 0 Å². The van der Waals surface area contributed by atoms with Crippen molar-refractivity contribution in [2.75, 3.05) is 42.3 Å². The van der Waals surface area contributed by atoms with E-state index in [1.807, 2.05) is 66.6 Å². The minimum absolute atomic E-state index is 0.821. The van der Waals surface area contributed by atoms with Crippen molar-refractivity contribution in [3.05, 3.63) is 24.3 Å². The lowest BCUT2D eigenvalue weighted by Crippen LogP contribution is -2.42. The molecule has 0 bridgehead atoms. The van der Waals surface area contributed by atoms with E-state index in [9.17, 15) is 50.4 Å². The quantitative estimate of drug-likeness (QED) is 0.148. The maximum atomic E-state index is 10.4. The molecule has 494 valence electrons. The fourth-order valence-electron chi connectivity index (χ4n) is 2.30. The Morgan fingerprint density at radius 2 is 0.512 bits per heavy atom. The molecular weight excluding hydrogens is 1450 g/mol. The lowest BCUT2D eigenvalue weighted by Gasteiger charge is -2.35. The van der Waals surface area contributed by atoms with Crippen LogP contribution < -0.4 is 9.52 Å². The van der Waals surface area contributed by atoms with Gasteiger partial charge < -0.3 is 9.79 Å². The summed E-state index contributed by atoms with van der Waals surface area (Å²) >= 11 is 0. The number of hydrogen-bond donors (Lipinski definition) is 23. The van der Waals surface area contributed by atoms with Crippen molar-refractivity contribution in [2.45, 2.75) is 0 Å². The highest BCUT2D eigenvalue weighted by molar-refractivity contribution is 7.64. The normalized spacial score (nSPS) is 12.7. The Morgan fingerprint density at radius 3 is 0.650 bits per heavy atom. The summed E-state index contributed by atoms with van der Waals surface area (Å²) in [5.74, 6) is 0. The van der Waals surface area contributed by atoms with Gasteiger partial charge in [0.2, 0.25) is 0 Å². The van der Waals surface area contributed by atoms with E-state index in [0.29, 0.717) is 0 Å². The average Bonchev–Trinajstić information content (AvgIpc) is 3.36. The molecule has 0 amide bonds. The standard InChI is InChI=1S/C12H22N6OP.12FH2O3P/c1-15(2)20(16(3)4,17(5)6)19-18-12-10-8-7-9-11(12)13-14-18;12*1-5(2,3)4/h7-10H,1-6H3;12*(H2,2,3,4)/q+1;;;;;;;;;;;;/p-1. The largest absolute Gasteiger partial charge is 0.753 e. The van der Waals surface area contributed by atoms with Crippen molar-refractivity contribution in [2.24, 2.45) is 0 Å². The minimum atomic E-state index is -5.39. The molecule has 1 aromatic heterocycles. The van der Waals surface area contributed by atoms with Crippen LogP contribution in [-0.2, 0) is 54.8 Å². The van der Waals surface area contributed by atoms with E-state index in [1.54, 1.807) is 0 Å². The molecule has 0 aliphatic carbocycles. The van der Waals surface area contributed by atoms with Gasteiger partial charge in [0.05, 0.1) is 0 Å². The average molecular weight is 1500 g/mol. The third-order valence-electron chi connectivity index (χ3n) is 3.07. The third-order valence-corrected chi connectivity index (χ3v) is 6.57. The molecule has 1 atom stereocenters. The van der Waals surface area contributed by atoms with Gasteiger partial charge in [0.25, 0.3) is 0 Å². The SMILES string of the molecule is CN(C)[P+](On1nnc2ccccc21)(N(C)C)N(C)C.O=P(O)(O)F.O=P(O)(O)F.O=P(O)(O)F.O=P(O)(O)F.O=P(O)(O)F.O=P(O)(O)F.O=P(O)(O)F.O=P(O)(O)F.O=P(O)(O)F.O=P(O)(O)F.O=P(O)(O)F.O=P([O-])(O)F. The monoisotopic (exact) mass is 1500 g/mol. The topological polar surface area (TPSA) is 743 Å². The van der Waals surface area contributed by atoms with Crippen LogP contribution in [0.5, 0.6) is 0 Å². The van der Waals surface area contributed by atoms with Gasteiger partial charge >= 0.3 is 103 Å². The fraction of sp³-hybridized carbons (Fsp3) is 0.500. The van der Waals surface area contributed by atoms with Gasteiger partial charge in [0, 0.05) is 42.3 Å². The molecule has 1 heterocycles. The van der Waals surface area contributed by atoms with Gasteiger partial charge in [-0.3, -0.25) is 112 Å². The number of halogens is 12. The summed E-state index contributed by atoms with van der Waals surface area (Å²) in [7, 11) is -52.0. The van der Waals surface area contributed by atoms with Crippen LogP contribution in [0.2, 0.25) is 0 Å². The molecule has 80 heavy (non-hydrogen) atoms. The first-order valence-electron chi connectivity index (χ1n) is 15.3. The predicted octanol–water partition coefficient (Wildman–Crippen LogP) is 1.17. The van der Waals surface area contributed by atoms with E-state index in [1.165, 1.54) is 4.85 Å². The van der Waals surface area contributed by atoms with Crippen LogP contribution in [0.1, 0.15) is 0 Å². The first kappa shape index (κ1) is 105. The molecule has 0 aliphatic heterocycles. The van der Waals surface area contributed by atoms with Gasteiger partial charge in [0.1, 0.15) is 11.0 Å². The van der Waals surface area contributed by atoms with E-state index < -0.39 is 103 Å². The maximum Gasteiger partial charge on any atom is 0.507 e. The number of nitrogens with zero attached hydrogens (tertiary/aromatic N) is 6. The lowest BCUT2D eigenvalue weighted by atomic mass is 10.3. The molecule has 68 heteroatoms. The molecule has 0 saturated carbocycles. The van der Waals surface area contributed by atoms with Gasteiger partial charge in [0.15, 0.2) is 0 Å². The number of aromatic nitrogens is 3. The highest BCUT2D eigenvalue weighted by Crippen LogP contribution is 2.61. The summed E-state index contributed by atoms with van der Waals surface area (Å²) in [6.07, 6.45) is 0. The zero-order valence-corrected chi connectivity index (χ0v) is 50.0. The Morgan fingerprint density at radius 1 is 0.375 bits per heavy atom. The number of hydrogen-bond acceptors (Lipinski definition) is 19. The van der Waals surface area contributed by atoms with Crippen LogP contribution in [0.15, 0.2) is 24.3 Å². The number of benzene rings is 1.